The molecule has 2 aromatic rings. The number of hydrogen-bond donors (Lipinski definition) is 2. The Hall–Kier alpha value is -3.40. The lowest BCUT2D eigenvalue weighted by Gasteiger charge is -2.31. The Morgan fingerprint density at radius 1 is 1.46 bits per heavy atom. The number of allylic oxidation sites excluding steroid dienone is 2. The first kappa shape index (κ1) is 16.1. The zero-order valence-corrected chi connectivity index (χ0v) is 14.1. The van der Waals surface area contributed by atoms with Crippen molar-refractivity contribution >= 4 is 22.6 Å². The highest BCUT2D eigenvalue weighted by Gasteiger charge is 2.22. The van der Waals surface area contributed by atoms with Gasteiger partial charge >= 0.3 is 0 Å². The van der Waals surface area contributed by atoms with E-state index in [9.17, 15) is 4.79 Å². The van der Waals surface area contributed by atoms with Crippen molar-refractivity contribution in [3.63, 3.8) is 0 Å². The Morgan fingerprint density at radius 2 is 2.38 bits per heavy atom. The molecule has 4 rings (SSSR count). The first-order valence-electron chi connectivity index (χ1n) is 8.52. The maximum absolute atomic E-state index is 11.8. The third kappa shape index (κ3) is 2.97. The van der Waals surface area contributed by atoms with Gasteiger partial charge in [-0.15, -0.1) is 0 Å². The monoisotopic (exact) mass is 346 g/mol. The Balaban J connectivity index is 1.50. The average molecular weight is 346 g/mol. The lowest BCUT2D eigenvalue weighted by molar-refractivity contribution is -0.129. The number of hydrogen-bond acceptors (Lipinski definition) is 5. The highest BCUT2D eigenvalue weighted by molar-refractivity contribution is 5.90. The van der Waals surface area contributed by atoms with Gasteiger partial charge in [0, 0.05) is 42.1 Å². The van der Waals surface area contributed by atoms with Gasteiger partial charge in [-0.2, -0.15) is 5.26 Å². The molecule has 1 unspecified atom stereocenters. The van der Waals surface area contributed by atoms with Crippen LogP contribution >= 0.6 is 0 Å². The molecule has 4 heterocycles. The normalized spacial score (nSPS) is 19.5. The summed E-state index contributed by atoms with van der Waals surface area (Å²) in [5, 5.41) is 13.2. The highest BCUT2D eigenvalue weighted by atomic mass is 16.2. The van der Waals surface area contributed by atoms with E-state index in [1.807, 2.05) is 30.6 Å². The van der Waals surface area contributed by atoms with Gasteiger partial charge in [0.15, 0.2) is 0 Å². The number of amides is 1. The van der Waals surface area contributed by atoms with Crippen LogP contribution in [0.25, 0.3) is 16.7 Å². The Labute approximate surface area is 150 Å². The Kier molecular flexibility index (Phi) is 4.23. The number of nitrogens with one attached hydrogen (secondary N) is 2. The summed E-state index contributed by atoms with van der Waals surface area (Å²) in [5.74, 6) is -0.102. The molecule has 0 aliphatic carbocycles. The summed E-state index contributed by atoms with van der Waals surface area (Å²) in [6.07, 6.45) is 14.3. The van der Waals surface area contributed by atoms with Crippen LogP contribution in [0, 0.1) is 11.3 Å². The summed E-state index contributed by atoms with van der Waals surface area (Å²) in [5.41, 5.74) is 4.12. The van der Waals surface area contributed by atoms with E-state index < -0.39 is 0 Å². The van der Waals surface area contributed by atoms with Crippen LogP contribution in [0.3, 0.4) is 0 Å². The van der Waals surface area contributed by atoms with Crippen LogP contribution < -0.4 is 5.32 Å². The molecule has 1 atom stereocenters. The van der Waals surface area contributed by atoms with Gasteiger partial charge in [-0.05, 0) is 18.1 Å². The number of aromatic nitrogens is 3. The van der Waals surface area contributed by atoms with Crippen molar-refractivity contribution in [2.24, 2.45) is 0 Å². The van der Waals surface area contributed by atoms with Crippen LogP contribution in [0.15, 0.2) is 48.6 Å². The minimum atomic E-state index is -0.102. The highest BCUT2D eigenvalue weighted by Crippen LogP contribution is 2.26. The summed E-state index contributed by atoms with van der Waals surface area (Å²) >= 11 is 0. The number of rotatable bonds is 3. The molecular weight excluding hydrogens is 328 g/mol. The van der Waals surface area contributed by atoms with Crippen molar-refractivity contribution in [3.8, 4) is 6.07 Å². The number of nitriles is 1. The maximum atomic E-state index is 11.8. The summed E-state index contributed by atoms with van der Waals surface area (Å²) in [6, 6.07) is 2.01. The van der Waals surface area contributed by atoms with Gasteiger partial charge in [0.25, 0.3) is 0 Å². The summed E-state index contributed by atoms with van der Waals surface area (Å²) in [7, 11) is 0. The first-order chi connectivity index (χ1) is 12.8. The summed E-state index contributed by atoms with van der Waals surface area (Å²) < 4.78 is 0. The SMILES string of the molecule is N#CCC(=O)N1CC=C(C2C=CC=C(c3c[nH]c4ncncc34)N2)CC1. The van der Waals surface area contributed by atoms with Crippen molar-refractivity contribution in [2.45, 2.75) is 18.9 Å². The molecule has 26 heavy (non-hydrogen) atoms. The number of carbonyl (C=O) groups is 1. The van der Waals surface area contributed by atoms with Crippen molar-refractivity contribution < 1.29 is 4.79 Å². The predicted octanol–water partition coefficient (Wildman–Crippen LogP) is 1.90. The number of nitrogens with zero attached hydrogens (tertiary/aromatic N) is 4. The number of H-pyrrole nitrogens is 1. The van der Waals surface area contributed by atoms with Gasteiger partial charge in [-0.25, -0.2) is 9.97 Å². The third-order valence-electron chi connectivity index (χ3n) is 4.75. The molecule has 0 saturated carbocycles. The van der Waals surface area contributed by atoms with Crippen LogP contribution in [-0.2, 0) is 4.79 Å². The molecule has 0 aromatic carbocycles. The standard InChI is InChI=1S/C19H18N6O/c20-7-4-18(26)25-8-5-13(6-9-25)16-2-1-3-17(24-16)14-11-22-19-15(14)10-21-12-23-19/h1-3,5,10-12,16,24H,4,6,8-9H2,(H,21,22,23). The molecule has 0 fully saturated rings. The van der Waals surface area contributed by atoms with Gasteiger partial charge in [0.05, 0.1) is 12.1 Å². The largest absolute Gasteiger partial charge is 0.375 e. The molecule has 1 amide bonds. The topological polar surface area (TPSA) is 97.7 Å². The first-order valence-corrected chi connectivity index (χ1v) is 8.52. The van der Waals surface area contributed by atoms with E-state index >= 15 is 0 Å². The van der Waals surface area contributed by atoms with Crippen molar-refractivity contribution in [1.82, 2.24) is 25.2 Å². The quantitative estimate of drug-likeness (QED) is 0.827. The molecule has 130 valence electrons. The van der Waals surface area contributed by atoms with Crippen molar-refractivity contribution in [2.75, 3.05) is 13.1 Å². The maximum Gasteiger partial charge on any atom is 0.237 e. The molecule has 2 aromatic heterocycles. The second-order valence-corrected chi connectivity index (χ2v) is 6.28. The van der Waals surface area contributed by atoms with E-state index in [0.29, 0.717) is 13.1 Å². The number of dihydropyridines is 1. The van der Waals surface area contributed by atoms with Crippen LogP contribution in [0.1, 0.15) is 18.4 Å². The predicted molar refractivity (Wildman–Crippen MR) is 97.4 cm³/mol. The number of aromatic amines is 1. The zero-order valence-electron chi connectivity index (χ0n) is 14.1. The second kappa shape index (κ2) is 6.84. The Bertz CT molecular complexity index is 977. The summed E-state index contributed by atoms with van der Waals surface area (Å²) in [4.78, 5) is 25.1. The molecule has 7 nitrogen and oxygen atoms in total. The molecule has 2 N–H and O–H groups in total. The van der Waals surface area contributed by atoms with E-state index in [1.165, 1.54) is 11.9 Å². The molecular formula is C19H18N6O. The minimum Gasteiger partial charge on any atom is -0.375 e. The number of fused-ring (bicyclic) bond motifs is 1. The van der Waals surface area contributed by atoms with Crippen LogP contribution in [-0.4, -0.2) is 44.9 Å². The fourth-order valence-electron chi connectivity index (χ4n) is 3.37. The van der Waals surface area contributed by atoms with E-state index in [2.05, 4.69) is 32.4 Å². The van der Waals surface area contributed by atoms with Crippen LogP contribution in [0.5, 0.6) is 0 Å². The Morgan fingerprint density at radius 3 is 3.19 bits per heavy atom. The second-order valence-electron chi connectivity index (χ2n) is 6.28. The smallest absolute Gasteiger partial charge is 0.237 e. The number of carbonyl (C=O) groups excluding carboxylic acids is 1. The van der Waals surface area contributed by atoms with E-state index in [0.717, 1.165) is 28.7 Å². The molecule has 7 heteroatoms. The van der Waals surface area contributed by atoms with Gasteiger partial charge in [0.1, 0.15) is 18.4 Å². The van der Waals surface area contributed by atoms with E-state index in [-0.39, 0.29) is 18.4 Å². The van der Waals surface area contributed by atoms with Crippen LogP contribution in [0.2, 0.25) is 0 Å². The zero-order chi connectivity index (χ0) is 17.9. The van der Waals surface area contributed by atoms with E-state index in [1.54, 1.807) is 4.90 Å². The van der Waals surface area contributed by atoms with Gasteiger partial charge < -0.3 is 15.2 Å². The average Bonchev–Trinajstić information content (AvgIpc) is 3.13. The third-order valence-corrected chi connectivity index (χ3v) is 4.75. The molecule has 0 saturated heterocycles. The van der Waals surface area contributed by atoms with E-state index in [4.69, 9.17) is 5.26 Å². The van der Waals surface area contributed by atoms with Gasteiger partial charge in [-0.1, -0.05) is 18.2 Å². The van der Waals surface area contributed by atoms with Gasteiger partial charge in [-0.3, -0.25) is 4.79 Å². The van der Waals surface area contributed by atoms with Crippen LogP contribution in [0.4, 0.5) is 0 Å². The lowest BCUT2D eigenvalue weighted by atomic mass is 9.96. The fraction of sp³-hybridized carbons (Fsp3) is 0.263. The molecule has 0 bridgehead atoms. The summed E-state index contributed by atoms with van der Waals surface area (Å²) in [6.45, 7) is 1.21. The molecule has 2 aliphatic rings. The van der Waals surface area contributed by atoms with Gasteiger partial charge in [0.2, 0.25) is 5.91 Å². The molecule has 0 spiro atoms. The minimum absolute atomic E-state index is 0.0553. The van der Waals surface area contributed by atoms with Crippen molar-refractivity contribution in [3.05, 3.63) is 54.2 Å². The molecule has 2 aliphatic heterocycles. The lowest BCUT2D eigenvalue weighted by Crippen LogP contribution is -2.38. The molecule has 0 radical (unpaired) electrons. The fourth-order valence-corrected chi connectivity index (χ4v) is 3.37. The van der Waals surface area contributed by atoms with Crippen molar-refractivity contribution in [1.29, 1.82) is 5.26 Å².